The molecule has 2 unspecified atom stereocenters. The lowest BCUT2D eigenvalue weighted by Gasteiger charge is -2.29. The van der Waals surface area contributed by atoms with Gasteiger partial charge in [0.15, 0.2) is 0 Å². The van der Waals surface area contributed by atoms with Crippen LogP contribution in [-0.2, 0) is 5.41 Å². The Morgan fingerprint density at radius 3 is 2.08 bits per heavy atom. The van der Waals surface area contributed by atoms with Crippen LogP contribution < -0.4 is 0 Å². The summed E-state index contributed by atoms with van der Waals surface area (Å²) in [5.41, 5.74) is 15.8. The topological polar surface area (TPSA) is 0 Å². The third-order valence-corrected chi connectivity index (χ3v) is 11.4. The molecular weight excluding hydrogens is 589 g/mol. The minimum atomic E-state index is -0.0449. The summed E-state index contributed by atoms with van der Waals surface area (Å²) < 4.78 is 0. The Labute approximate surface area is 288 Å². The number of hydrogen-bond donors (Lipinski definition) is 0. The van der Waals surface area contributed by atoms with E-state index in [1.165, 1.54) is 88.3 Å². The quantitative estimate of drug-likeness (QED) is 0.172. The summed E-state index contributed by atoms with van der Waals surface area (Å²) in [6, 6.07) is 52.2. The zero-order chi connectivity index (χ0) is 32.7. The maximum atomic E-state index is 2.48. The normalized spacial score (nSPS) is 18.1. The van der Waals surface area contributed by atoms with Crippen LogP contribution in [0.5, 0.6) is 0 Å². The molecule has 0 amide bonds. The highest BCUT2D eigenvalue weighted by molar-refractivity contribution is 6.08. The van der Waals surface area contributed by atoms with Gasteiger partial charge in [0.1, 0.15) is 0 Å². The van der Waals surface area contributed by atoms with Gasteiger partial charge in [0.2, 0.25) is 0 Å². The standard InChI is InChI=1S/C49H36/c1-49(2)47-14-8-7-13-45(47)46-24-21-35(30-48(46)49)40-28-38(33-19-22-43-36(25-33)17-15-31-9-3-5-11-41(31)43)27-39(29-40)34-20-23-44-37(26-34)18-16-32-10-4-6-12-42(32)44/h3-30,36,43H,1-2H3. The molecule has 0 bridgehead atoms. The van der Waals surface area contributed by atoms with Gasteiger partial charge in [-0.1, -0.05) is 153 Å². The third-order valence-electron chi connectivity index (χ3n) is 11.4. The van der Waals surface area contributed by atoms with Crippen LogP contribution in [-0.4, -0.2) is 0 Å². The molecule has 0 spiro atoms. The molecule has 0 saturated carbocycles. The molecular formula is C49H36. The Balaban J connectivity index is 1.13. The molecule has 0 N–H and O–H groups in total. The van der Waals surface area contributed by atoms with E-state index in [4.69, 9.17) is 0 Å². The van der Waals surface area contributed by atoms with E-state index in [9.17, 15) is 0 Å². The van der Waals surface area contributed by atoms with E-state index in [2.05, 4.69) is 184 Å². The molecule has 0 nitrogen and oxygen atoms in total. The van der Waals surface area contributed by atoms with Crippen molar-refractivity contribution in [3.63, 3.8) is 0 Å². The lowest BCUT2D eigenvalue weighted by atomic mass is 9.75. The highest BCUT2D eigenvalue weighted by atomic mass is 14.4. The number of allylic oxidation sites excluding steroid dienone is 5. The Bertz CT molecular complexity index is 2590. The van der Waals surface area contributed by atoms with Gasteiger partial charge in [-0.25, -0.2) is 0 Å². The minimum absolute atomic E-state index is 0.0449. The number of benzene rings is 7. The van der Waals surface area contributed by atoms with Crippen molar-refractivity contribution < 1.29 is 0 Å². The lowest BCUT2D eigenvalue weighted by Crippen LogP contribution is -2.15. The molecule has 49 heavy (non-hydrogen) atoms. The zero-order valence-corrected chi connectivity index (χ0v) is 27.8. The second-order valence-electron chi connectivity index (χ2n) is 14.5. The molecule has 0 aliphatic heterocycles. The van der Waals surface area contributed by atoms with Gasteiger partial charge in [0, 0.05) is 17.3 Å². The molecule has 232 valence electrons. The van der Waals surface area contributed by atoms with E-state index in [1.807, 2.05) is 0 Å². The molecule has 0 fully saturated rings. The number of fused-ring (bicyclic) bond motifs is 9. The first kappa shape index (κ1) is 28.3. The molecule has 7 aromatic carbocycles. The first-order chi connectivity index (χ1) is 24.0. The van der Waals surface area contributed by atoms with E-state index in [-0.39, 0.29) is 5.41 Å². The van der Waals surface area contributed by atoms with Crippen molar-refractivity contribution >= 4 is 33.2 Å². The predicted octanol–water partition coefficient (Wildman–Crippen LogP) is 13.0. The molecule has 2 atom stereocenters. The van der Waals surface area contributed by atoms with Crippen molar-refractivity contribution in [3.8, 4) is 33.4 Å². The summed E-state index contributed by atoms with van der Waals surface area (Å²) in [5.74, 6) is 0.721. The largest absolute Gasteiger partial charge is 0.0761 e. The van der Waals surface area contributed by atoms with Crippen LogP contribution in [0.4, 0.5) is 0 Å². The van der Waals surface area contributed by atoms with Crippen molar-refractivity contribution in [2.45, 2.75) is 25.2 Å². The van der Waals surface area contributed by atoms with Crippen LogP contribution in [0.1, 0.15) is 47.6 Å². The summed E-state index contributed by atoms with van der Waals surface area (Å²) in [4.78, 5) is 0. The van der Waals surface area contributed by atoms with E-state index in [0.29, 0.717) is 11.8 Å². The van der Waals surface area contributed by atoms with Crippen molar-refractivity contribution in [2.24, 2.45) is 5.92 Å². The van der Waals surface area contributed by atoms with Crippen LogP contribution in [0.25, 0.3) is 66.6 Å². The number of hydrogen-bond acceptors (Lipinski definition) is 0. The van der Waals surface area contributed by atoms with Gasteiger partial charge in [-0.05, 0) is 119 Å². The predicted molar refractivity (Wildman–Crippen MR) is 209 cm³/mol. The number of rotatable bonds is 3. The van der Waals surface area contributed by atoms with E-state index in [1.54, 1.807) is 0 Å². The Hall–Kier alpha value is -5.72. The molecule has 0 saturated heterocycles. The fourth-order valence-corrected chi connectivity index (χ4v) is 8.77. The fraction of sp³-hybridized carbons (Fsp3) is 0.102. The van der Waals surface area contributed by atoms with Gasteiger partial charge < -0.3 is 0 Å². The Morgan fingerprint density at radius 2 is 1.16 bits per heavy atom. The molecule has 7 aromatic rings. The first-order valence-electron chi connectivity index (χ1n) is 17.5. The van der Waals surface area contributed by atoms with Crippen LogP contribution in [0.3, 0.4) is 0 Å². The second kappa shape index (κ2) is 10.6. The third kappa shape index (κ3) is 4.44. The van der Waals surface area contributed by atoms with E-state index in [0.717, 1.165) is 0 Å². The molecule has 3 aliphatic carbocycles. The minimum Gasteiger partial charge on any atom is -0.0761 e. The summed E-state index contributed by atoms with van der Waals surface area (Å²) >= 11 is 0. The Morgan fingerprint density at radius 1 is 0.469 bits per heavy atom. The average molecular weight is 625 g/mol. The van der Waals surface area contributed by atoms with Crippen molar-refractivity contribution in [3.05, 3.63) is 192 Å². The average Bonchev–Trinajstić information content (AvgIpc) is 3.39. The molecule has 0 aromatic heterocycles. The van der Waals surface area contributed by atoms with Crippen LogP contribution in [0.15, 0.2) is 164 Å². The van der Waals surface area contributed by atoms with E-state index < -0.39 is 0 Å². The molecule has 10 rings (SSSR count). The van der Waals surface area contributed by atoms with Crippen LogP contribution in [0.2, 0.25) is 0 Å². The van der Waals surface area contributed by atoms with Gasteiger partial charge >= 0.3 is 0 Å². The first-order valence-corrected chi connectivity index (χ1v) is 17.5. The van der Waals surface area contributed by atoms with Crippen LogP contribution in [0, 0.1) is 5.92 Å². The summed E-state index contributed by atoms with van der Waals surface area (Å²) in [5, 5.41) is 5.15. The maximum Gasteiger partial charge on any atom is 0.0159 e. The maximum absolute atomic E-state index is 2.48. The van der Waals surface area contributed by atoms with Gasteiger partial charge in [0.25, 0.3) is 0 Å². The van der Waals surface area contributed by atoms with E-state index >= 15 is 0 Å². The van der Waals surface area contributed by atoms with Crippen LogP contribution >= 0.6 is 0 Å². The highest BCUT2D eigenvalue weighted by Gasteiger charge is 2.35. The van der Waals surface area contributed by atoms with Gasteiger partial charge in [-0.2, -0.15) is 0 Å². The zero-order valence-electron chi connectivity index (χ0n) is 27.8. The highest BCUT2D eigenvalue weighted by Crippen LogP contribution is 2.50. The molecule has 0 heteroatoms. The fourth-order valence-electron chi connectivity index (χ4n) is 8.77. The summed E-state index contributed by atoms with van der Waals surface area (Å²) in [6.07, 6.45) is 11.9. The molecule has 0 radical (unpaired) electrons. The SMILES string of the molecule is CC1(C)c2ccccc2-c2ccc(-c3cc(C4=CC5C=Cc6ccccc6C5C=C4)cc(-c4ccc5c(ccc6ccccc65)c4)c3)cc21. The monoisotopic (exact) mass is 624 g/mol. The summed E-state index contributed by atoms with van der Waals surface area (Å²) in [6.45, 7) is 4.73. The molecule has 3 aliphatic rings. The van der Waals surface area contributed by atoms with Gasteiger partial charge in [-0.15, -0.1) is 0 Å². The van der Waals surface area contributed by atoms with Crippen molar-refractivity contribution in [1.82, 2.24) is 0 Å². The molecule has 0 heterocycles. The van der Waals surface area contributed by atoms with Gasteiger partial charge in [0.05, 0.1) is 0 Å². The second-order valence-corrected chi connectivity index (χ2v) is 14.5. The lowest BCUT2D eigenvalue weighted by molar-refractivity contribution is 0.660. The van der Waals surface area contributed by atoms with Crippen molar-refractivity contribution in [1.29, 1.82) is 0 Å². The summed E-state index contributed by atoms with van der Waals surface area (Å²) in [7, 11) is 0. The smallest absolute Gasteiger partial charge is 0.0159 e. The van der Waals surface area contributed by atoms with Crippen molar-refractivity contribution in [2.75, 3.05) is 0 Å². The van der Waals surface area contributed by atoms with Gasteiger partial charge in [-0.3, -0.25) is 0 Å². The Kier molecular flexibility index (Phi) is 6.15.